The number of nitrogens with zero attached hydrogens (tertiary/aromatic N) is 2. The average molecular weight is 370 g/mol. The van der Waals surface area contributed by atoms with Crippen LogP contribution >= 0.6 is 0 Å². The molecule has 0 amide bonds. The zero-order chi connectivity index (χ0) is 19.5. The molecule has 0 spiro atoms. The number of aryl methyl sites for hydroxylation is 2. The third kappa shape index (κ3) is 3.41. The normalized spacial score (nSPS) is 11.0. The van der Waals surface area contributed by atoms with Gasteiger partial charge in [0.05, 0.1) is 17.4 Å². The minimum Gasteiger partial charge on any atom is -0.289 e. The fraction of sp³-hybridized carbons (Fsp3) is 0.167. The van der Waals surface area contributed by atoms with E-state index in [4.69, 9.17) is 0 Å². The second-order valence-electron chi connectivity index (χ2n) is 7.00. The van der Waals surface area contributed by atoms with Gasteiger partial charge in [0, 0.05) is 6.54 Å². The smallest absolute Gasteiger partial charge is 0.289 e. The van der Waals surface area contributed by atoms with Crippen LogP contribution in [0.3, 0.4) is 0 Å². The van der Waals surface area contributed by atoms with Crippen molar-refractivity contribution in [1.82, 2.24) is 9.13 Å². The maximum absolute atomic E-state index is 13.3. The second-order valence-corrected chi connectivity index (χ2v) is 7.00. The first kappa shape index (κ1) is 18.0. The molecule has 0 aliphatic heterocycles. The number of aromatic nitrogens is 2. The van der Waals surface area contributed by atoms with Gasteiger partial charge in [0.2, 0.25) is 0 Å². The summed E-state index contributed by atoms with van der Waals surface area (Å²) in [5, 5.41) is 0.573. The first-order chi connectivity index (χ1) is 13.6. The highest BCUT2D eigenvalue weighted by Gasteiger charge is 2.13. The quantitative estimate of drug-likeness (QED) is 0.537. The van der Waals surface area contributed by atoms with Crippen LogP contribution in [-0.2, 0) is 19.5 Å². The molecule has 4 heteroatoms. The van der Waals surface area contributed by atoms with Crippen LogP contribution in [0.2, 0.25) is 0 Å². The van der Waals surface area contributed by atoms with E-state index in [1.165, 1.54) is 4.57 Å². The van der Waals surface area contributed by atoms with Gasteiger partial charge >= 0.3 is 5.69 Å². The molecule has 1 aromatic heterocycles. The summed E-state index contributed by atoms with van der Waals surface area (Å²) in [6.07, 6.45) is 0.638. The van der Waals surface area contributed by atoms with Crippen molar-refractivity contribution in [2.75, 3.05) is 0 Å². The number of hydrogen-bond acceptors (Lipinski definition) is 2. The van der Waals surface area contributed by atoms with Gasteiger partial charge in [-0.15, -0.1) is 0 Å². The molecule has 0 atom stereocenters. The maximum atomic E-state index is 13.3. The van der Waals surface area contributed by atoms with Crippen LogP contribution < -0.4 is 11.2 Å². The highest BCUT2D eigenvalue weighted by Crippen LogP contribution is 2.13. The van der Waals surface area contributed by atoms with Crippen molar-refractivity contribution in [3.05, 3.63) is 116 Å². The van der Waals surface area contributed by atoms with E-state index in [1.54, 1.807) is 10.6 Å². The molecule has 0 bridgehead atoms. The van der Waals surface area contributed by atoms with Gasteiger partial charge in [-0.2, -0.15) is 0 Å². The fourth-order valence-corrected chi connectivity index (χ4v) is 3.56. The highest BCUT2D eigenvalue weighted by atomic mass is 16.2. The van der Waals surface area contributed by atoms with Crippen molar-refractivity contribution < 1.29 is 0 Å². The Labute approximate surface area is 163 Å². The molecule has 0 aliphatic rings. The highest BCUT2D eigenvalue weighted by molar-refractivity contribution is 5.77. The molecule has 1 heterocycles. The van der Waals surface area contributed by atoms with Crippen LogP contribution in [0.5, 0.6) is 0 Å². The molecule has 0 unspecified atom stereocenters. The Morgan fingerprint density at radius 3 is 2.21 bits per heavy atom. The van der Waals surface area contributed by atoms with Crippen molar-refractivity contribution in [2.24, 2.45) is 0 Å². The molecule has 0 aliphatic carbocycles. The van der Waals surface area contributed by atoms with Gasteiger partial charge in [-0.05, 0) is 42.2 Å². The van der Waals surface area contributed by atoms with Gasteiger partial charge in [-0.25, -0.2) is 4.79 Å². The fourth-order valence-electron chi connectivity index (χ4n) is 3.56. The Morgan fingerprint density at radius 1 is 0.750 bits per heavy atom. The zero-order valence-electron chi connectivity index (χ0n) is 15.8. The largest absolute Gasteiger partial charge is 0.331 e. The maximum Gasteiger partial charge on any atom is 0.331 e. The van der Waals surface area contributed by atoms with E-state index in [9.17, 15) is 9.59 Å². The van der Waals surface area contributed by atoms with E-state index < -0.39 is 0 Å². The second kappa shape index (κ2) is 7.69. The molecule has 0 saturated heterocycles. The van der Waals surface area contributed by atoms with Crippen LogP contribution in [0.1, 0.15) is 16.7 Å². The standard InChI is InChI=1S/C24H22N2O2/c1-18-9-5-6-12-20(18)17-26-22-14-8-7-13-21(22)23(27)25(24(26)28)16-15-19-10-3-2-4-11-19/h2-14H,15-17H2,1H3. The lowest BCUT2D eigenvalue weighted by Crippen LogP contribution is -2.40. The lowest BCUT2D eigenvalue weighted by Gasteiger charge is -2.15. The van der Waals surface area contributed by atoms with Gasteiger partial charge in [0.25, 0.3) is 5.56 Å². The average Bonchev–Trinajstić information content (AvgIpc) is 2.73. The molecule has 4 nitrogen and oxygen atoms in total. The lowest BCUT2D eigenvalue weighted by atomic mass is 10.1. The lowest BCUT2D eigenvalue weighted by molar-refractivity contribution is 0.589. The van der Waals surface area contributed by atoms with E-state index >= 15 is 0 Å². The summed E-state index contributed by atoms with van der Waals surface area (Å²) in [4.78, 5) is 26.3. The van der Waals surface area contributed by atoms with E-state index in [-0.39, 0.29) is 11.2 Å². The van der Waals surface area contributed by atoms with Crippen molar-refractivity contribution in [3.63, 3.8) is 0 Å². The molecule has 28 heavy (non-hydrogen) atoms. The molecule has 140 valence electrons. The number of benzene rings is 3. The predicted molar refractivity (Wildman–Crippen MR) is 113 cm³/mol. The van der Waals surface area contributed by atoms with Gasteiger partial charge in [0.1, 0.15) is 0 Å². The summed E-state index contributed by atoms with van der Waals surface area (Å²) in [5.74, 6) is 0. The molecular weight excluding hydrogens is 348 g/mol. The van der Waals surface area contributed by atoms with Crippen LogP contribution in [0.15, 0.2) is 88.5 Å². The minimum atomic E-state index is -0.261. The number of fused-ring (bicyclic) bond motifs is 1. The Morgan fingerprint density at radius 2 is 1.43 bits per heavy atom. The van der Waals surface area contributed by atoms with E-state index in [0.29, 0.717) is 30.4 Å². The van der Waals surface area contributed by atoms with Gasteiger partial charge in [-0.3, -0.25) is 13.9 Å². The SMILES string of the molecule is Cc1ccccc1Cn1c(=O)n(CCc2ccccc2)c(=O)c2ccccc21. The summed E-state index contributed by atoms with van der Waals surface area (Å²) in [6.45, 7) is 2.84. The van der Waals surface area contributed by atoms with Crippen LogP contribution in [0, 0.1) is 6.92 Å². The van der Waals surface area contributed by atoms with Crippen molar-refractivity contribution in [1.29, 1.82) is 0 Å². The Kier molecular flexibility index (Phi) is 4.94. The van der Waals surface area contributed by atoms with Gasteiger partial charge in [-0.1, -0.05) is 66.7 Å². The molecule has 4 aromatic rings. The van der Waals surface area contributed by atoms with Crippen LogP contribution in [0.25, 0.3) is 10.9 Å². The molecule has 4 rings (SSSR count). The van der Waals surface area contributed by atoms with E-state index in [1.807, 2.05) is 79.7 Å². The zero-order valence-corrected chi connectivity index (χ0v) is 15.8. The summed E-state index contributed by atoms with van der Waals surface area (Å²) < 4.78 is 3.08. The summed E-state index contributed by atoms with van der Waals surface area (Å²) in [7, 11) is 0. The van der Waals surface area contributed by atoms with E-state index in [2.05, 4.69) is 0 Å². The molecule has 3 aromatic carbocycles. The van der Waals surface area contributed by atoms with Gasteiger partial charge < -0.3 is 0 Å². The monoisotopic (exact) mass is 370 g/mol. The van der Waals surface area contributed by atoms with Gasteiger partial charge in [0.15, 0.2) is 0 Å². The van der Waals surface area contributed by atoms with Crippen LogP contribution in [-0.4, -0.2) is 9.13 Å². The summed E-state index contributed by atoms with van der Waals surface area (Å²) >= 11 is 0. The summed E-state index contributed by atoms with van der Waals surface area (Å²) in [6, 6.07) is 25.3. The molecule has 0 fully saturated rings. The van der Waals surface area contributed by atoms with Crippen molar-refractivity contribution >= 4 is 10.9 Å². The Hall–Kier alpha value is -3.40. The number of rotatable bonds is 5. The Balaban J connectivity index is 1.83. The first-order valence-electron chi connectivity index (χ1n) is 9.46. The molecule has 0 saturated carbocycles. The van der Waals surface area contributed by atoms with Crippen molar-refractivity contribution in [3.8, 4) is 0 Å². The third-order valence-corrected chi connectivity index (χ3v) is 5.19. The number of para-hydroxylation sites is 1. The summed E-state index contributed by atoms with van der Waals surface area (Å²) in [5.41, 5.74) is 3.49. The topological polar surface area (TPSA) is 44.0 Å². The Bertz CT molecular complexity index is 1240. The van der Waals surface area contributed by atoms with Crippen LogP contribution in [0.4, 0.5) is 0 Å². The predicted octanol–water partition coefficient (Wildman–Crippen LogP) is 3.76. The molecular formula is C24H22N2O2. The number of hydrogen-bond donors (Lipinski definition) is 0. The van der Waals surface area contributed by atoms with E-state index in [0.717, 1.165) is 16.7 Å². The third-order valence-electron chi connectivity index (χ3n) is 5.19. The first-order valence-corrected chi connectivity index (χ1v) is 9.46. The molecule has 0 N–H and O–H groups in total. The molecule has 0 radical (unpaired) electrons. The van der Waals surface area contributed by atoms with Crippen molar-refractivity contribution in [2.45, 2.75) is 26.4 Å². The minimum absolute atomic E-state index is 0.224.